The topological polar surface area (TPSA) is 18.5 Å². The van der Waals surface area contributed by atoms with E-state index in [1.165, 1.54) is 18.4 Å². The van der Waals surface area contributed by atoms with Crippen LogP contribution < -0.4 is 0 Å². The first kappa shape index (κ1) is 11.2. The molecule has 0 radical (unpaired) electrons. The van der Waals surface area contributed by atoms with Crippen LogP contribution in [-0.2, 0) is 16.1 Å². The zero-order chi connectivity index (χ0) is 11.5. The number of benzene rings is 1. The van der Waals surface area contributed by atoms with Crippen LogP contribution in [0, 0.1) is 17.8 Å². The van der Waals surface area contributed by atoms with E-state index in [2.05, 4.69) is 24.3 Å². The van der Waals surface area contributed by atoms with Crippen molar-refractivity contribution in [1.29, 1.82) is 0 Å². The van der Waals surface area contributed by atoms with Crippen molar-refractivity contribution in [2.24, 2.45) is 17.8 Å². The predicted octanol–water partition coefficient (Wildman–Crippen LogP) is 2.88. The lowest BCUT2D eigenvalue weighted by atomic mass is 9.93. The van der Waals surface area contributed by atoms with Crippen molar-refractivity contribution in [3.8, 4) is 0 Å². The maximum Gasteiger partial charge on any atom is 0.0717 e. The SMILES string of the molecule is c1ccc(COC[C@H]2CC[C@@H]3COC[C@H]23)cc1. The van der Waals surface area contributed by atoms with Crippen molar-refractivity contribution >= 4 is 0 Å². The number of ether oxygens (including phenoxy) is 2. The van der Waals surface area contributed by atoms with Gasteiger partial charge >= 0.3 is 0 Å². The van der Waals surface area contributed by atoms with Crippen molar-refractivity contribution in [3.05, 3.63) is 35.9 Å². The van der Waals surface area contributed by atoms with Gasteiger partial charge in [0, 0.05) is 6.61 Å². The van der Waals surface area contributed by atoms with E-state index in [1.807, 2.05) is 6.07 Å². The van der Waals surface area contributed by atoms with Crippen molar-refractivity contribution in [2.45, 2.75) is 19.4 Å². The van der Waals surface area contributed by atoms with Crippen LogP contribution in [0.15, 0.2) is 30.3 Å². The summed E-state index contributed by atoms with van der Waals surface area (Å²) < 4.78 is 11.4. The summed E-state index contributed by atoms with van der Waals surface area (Å²) in [6.07, 6.45) is 2.66. The van der Waals surface area contributed by atoms with Gasteiger partial charge in [-0.05, 0) is 36.2 Å². The molecule has 3 rings (SSSR count). The zero-order valence-corrected chi connectivity index (χ0v) is 10.2. The average Bonchev–Trinajstić information content (AvgIpc) is 2.95. The second kappa shape index (κ2) is 5.19. The highest BCUT2D eigenvalue weighted by atomic mass is 16.5. The van der Waals surface area contributed by atoms with Crippen LogP contribution in [0.4, 0.5) is 0 Å². The standard InChI is InChI=1S/C15H20O2/c1-2-4-12(5-3-1)8-16-9-13-6-7-14-10-17-11-15(13)14/h1-5,13-15H,6-11H2/t13-,14-,15-/m1/s1. The highest BCUT2D eigenvalue weighted by Gasteiger charge is 2.39. The first-order chi connectivity index (χ1) is 8.43. The molecule has 0 amide bonds. The van der Waals surface area contributed by atoms with Gasteiger partial charge in [0.25, 0.3) is 0 Å². The predicted molar refractivity (Wildman–Crippen MR) is 66.6 cm³/mol. The first-order valence-electron chi connectivity index (χ1n) is 6.63. The number of rotatable bonds is 4. The maximum absolute atomic E-state index is 5.86. The van der Waals surface area contributed by atoms with E-state index in [0.29, 0.717) is 0 Å². The summed E-state index contributed by atoms with van der Waals surface area (Å²) >= 11 is 0. The molecule has 0 bridgehead atoms. The van der Waals surface area contributed by atoms with Crippen LogP contribution in [0.25, 0.3) is 0 Å². The van der Waals surface area contributed by atoms with Gasteiger partial charge in [-0.3, -0.25) is 0 Å². The normalized spacial score (nSPS) is 31.6. The quantitative estimate of drug-likeness (QED) is 0.794. The van der Waals surface area contributed by atoms with Crippen LogP contribution in [0.2, 0.25) is 0 Å². The fourth-order valence-corrected chi connectivity index (χ4v) is 3.19. The van der Waals surface area contributed by atoms with Gasteiger partial charge in [-0.1, -0.05) is 30.3 Å². The Morgan fingerprint density at radius 2 is 2.00 bits per heavy atom. The molecule has 2 fully saturated rings. The molecule has 1 aromatic carbocycles. The molecule has 1 aliphatic carbocycles. The van der Waals surface area contributed by atoms with Crippen LogP contribution in [-0.4, -0.2) is 19.8 Å². The third kappa shape index (κ3) is 2.53. The fourth-order valence-electron chi connectivity index (χ4n) is 3.19. The van der Waals surface area contributed by atoms with Crippen molar-refractivity contribution in [2.75, 3.05) is 19.8 Å². The summed E-state index contributed by atoms with van der Waals surface area (Å²) in [6, 6.07) is 10.4. The van der Waals surface area contributed by atoms with Crippen molar-refractivity contribution in [1.82, 2.24) is 0 Å². The minimum absolute atomic E-state index is 0.728. The van der Waals surface area contributed by atoms with Crippen LogP contribution in [0.1, 0.15) is 18.4 Å². The Hall–Kier alpha value is -0.860. The van der Waals surface area contributed by atoms with E-state index in [9.17, 15) is 0 Å². The van der Waals surface area contributed by atoms with Gasteiger partial charge in [0.15, 0.2) is 0 Å². The first-order valence-corrected chi connectivity index (χ1v) is 6.63. The second-order valence-corrected chi connectivity index (χ2v) is 5.30. The molecule has 1 heterocycles. The minimum atomic E-state index is 0.728. The van der Waals surface area contributed by atoms with E-state index in [-0.39, 0.29) is 0 Å². The molecule has 0 spiro atoms. The van der Waals surface area contributed by atoms with Gasteiger partial charge in [-0.25, -0.2) is 0 Å². The molecular formula is C15H20O2. The fraction of sp³-hybridized carbons (Fsp3) is 0.600. The van der Waals surface area contributed by atoms with Crippen LogP contribution in [0.5, 0.6) is 0 Å². The lowest BCUT2D eigenvalue weighted by Crippen LogP contribution is -2.18. The Morgan fingerprint density at radius 3 is 2.88 bits per heavy atom. The lowest BCUT2D eigenvalue weighted by molar-refractivity contribution is 0.0655. The molecule has 0 unspecified atom stereocenters. The Bertz CT molecular complexity index is 349. The van der Waals surface area contributed by atoms with Gasteiger partial charge in [0.05, 0.1) is 19.8 Å². The van der Waals surface area contributed by atoms with E-state index in [4.69, 9.17) is 9.47 Å². The van der Waals surface area contributed by atoms with Crippen molar-refractivity contribution in [3.63, 3.8) is 0 Å². The molecule has 1 aliphatic heterocycles. The molecular weight excluding hydrogens is 212 g/mol. The number of hydrogen-bond acceptors (Lipinski definition) is 2. The van der Waals surface area contributed by atoms with Gasteiger partial charge in [0.1, 0.15) is 0 Å². The molecule has 2 aliphatic rings. The van der Waals surface area contributed by atoms with Gasteiger partial charge in [-0.2, -0.15) is 0 Å². The Labute approximate surface area is 103 Å². The molecule has 1 saturated heterocycles. The third-order valence-corrected chi connectivity index (χ3v) is 4.20. The van der Waals surface area contributed by atoms with Gasteiger partial charge < -0.3 is 9.47 Å². The Kier molecular flexibility index (Phi) is 3.44. The summed E-state index contributed by atoms with van der Waals surface area (Å²) in [4.78, 5) is 0. The zero-order valence-electron chi connectivity index (χ0n) is 10.2. The summed E-state index contributed by atoms with van der Waals surface area (Å²) in [6.45, 7) is 3.60. The van der Waals surface area contributed by atoms with E-state index < -0.39 is 0 Å². The number of hydrogen-bond donors (Lipinski definition) is 0. The second-order valence-electron chi connectivity index (χ2n) is 5.30. The maximum atomic E-state index is 5.86. The monoisotopic (exact) mass is 232 g/mol. The summed E-state index contributed by atoms with van der Waals surface area (Å²) in [5.41, 5.74) is 1.27. The van der Waals surface area contributed by atoms with Crippen molar-refractivity contribution < 1.29 is 9.47 Å². The molecule has 3 atom stereocenters. The highest BCUT2D eigenvalue weighted by Crippen LogP contribution is 2.41. The smallest absolute Gasteiger partial charge is 0.0717 e. The Balaban J connectivity index is 1.46. The minimum Gasteiger partial charge on any atom is -0.381 e. The highest BCUT2D eigenvalue weighted by molar-refractivity contribution is 5.13. The number of fused-ring (bicyclic) bond motifs is 1. The Morgan fingerprint density at radius 1 is 1.12 bits per heavy atom. The summed E-state index contributed by atoms with van der Waals surface area (Å²) in [7, 11) is 0. The lowest BCUT2D eigenvalue weighted by Gasteiger charge is -2.17. The molecule has 92 valence electrons. The third-order valence-electron chi connectivity index (χ3n) is 4.20. The molecule has 2 nitrogen and oxygen atoms in total. The van der Waals surface area contributed by atoms with Gasteiger partial charge in [-0.15, -0.1) is 0 Å². The summed E-state index contributed by atoms with van der Waals surface area (Å²) in [5.74, 6) is 2.32. The van der Waals surface area contributed by atoms with Gasteiger partial charge in [0.2, 0.25) is 0 Å². The molecule has 1 saturated carbocycles. The molecule has 1 aromatic rings. The molecule has 0 aromatic heterocycles. The van der Waals surface area contributed by atoms with E-state index >= 15 is 0 Å². The largest absolute Gasteiger partial charge is 0.381 e. The summed E-state index contributed by atoms with van der Waals surface area (Å²) in [5, 5.41) is 0. The van der Waals surface area contributed by atoms with Crippen LogP contribution >= 0.6 is 0 Å². The molecule has 17 heavy (non-hydrogen) atoms. The average molecular weight is 232 g/mol. The van der Waals surface area contributed by atoms with E-state index in [1.54, 1.807) is 0 Å². The molecule has 0 N–H and O–H groups in total. The van der Waals surface area contributed by atoms with E-state index in [0.717, 1.165) is 44.2 Å². The van der Waals surface area contributed by atoms with Crippen LogP contribution in [0.3, 0.4) is 0 Å². The molecule has 2 heteroatoms.